The predicted molar refractivity (Wildman–Crippen MR) is 106 cm³/mol. The minimum absolute atomic E-state index is 0.0273. The van der Waals surface area contributed by atoms with Crippen molar-refractivity contribution in [3.63, 3.8) is 0 Å². The number of amides is 2. The van der Waals surface area contributed by atoms with Gasteiger partial charge in [-0.3, -0.25) is 19.7 Å². The average molecular weight is 400 g/mol. The number of rotatable bonds is 4. The molecule has 7 nitrogen and oxygen atoms in total. The fourth-order valence-electron chi connectivity index (χ4n) is 3.43. The topological polar surface area (TPSA) is 92.6 Å². The van der Waals surface area contributed by atoms with Gasteiger partial charge in [-0.15, -0.1) is 0 Å². The third-order valence-electron chi connectivity index (χ3n) is 5.06. The van der Waals surface area contributed by atoms with Crippen molar-refractivity contribution in [3.8, 4) is 0 Å². The number of fused-ring (bicyclic) bond motifs is 1. The van der Waals surface area contributed by atoms with Gasteiger partial charge in [0.05, 0.1) is 15.5 Å². The Labute approximate surface area is 166 Å². The summed E-state index contributed by atoms with van der Waals surface area (Å²) in [6, 6.07) is 9.20. The van der Waals surface area contributed by atoms with Crippen LogP contribution in [-0.4, -0.2) is 23.3 Å². The molecular weight excluding hydrogens is 382 g/mol. The summed E-state index contributed by atoms with van der Waals surface area (Å²) in [5.74, 6) is -0.274. The van der Waals surface area contributed by atoms with Crippen LogP contribution < -0.4 is 10.2 Å². The maximum Gasteiger partial charge on any atom is 0.270 e. The van der Waals surface area contributed by atoms with Gasteiger partial charge in [-0.25, -0.2) is 0 Å². The summed E-state index contributed by atoms with van der Waals surface area (Å²) in [6.45, 7) is 0.677. The number of nitrogens with zero attached hydrogens (tertiary/aromatic N) is 2. The zero-order valence-electron chi connectivity index (χ0n) is 15.0. The highest BCUT2D eigenvalue weighted by atomic mass is 35.5. The molecule has 2 aromatic carbocycles. The summed E-state index contributed by atoms with van der Waals surface area (Å²) in [6.07, 6.45) is 3.67. The molecule has 1 fully saturated rings. The maximum atomic E-state index is 12.6. The van der Waals surface area contributed by atoms with Crippen LogP contribution in [0.5, 0.6) is 0 Å². The van der Waals surface area contributed by atoms with Crippen LogP contribution >= 0.6 is 11.6 Å². The highest BCUT2D eigenvalue weighted by Gasteiger charge is 2.35. The van der Waals surface area contributed by atoms with Gasteiger partial charge < -0.3 is 10.2 Å². The monoisotopic (exact) mass is 399 g/mol. The van der Waals surface area contributed by atoms with Crippen molar-refractivity contribution in [2.45, 2.75) is 25.7 Å². The molecule has 8 heteroatoms. The molecule has 0 radical (unpaired) electrons. The van der Waals surface area contributed by atoms with Gasteiger partial charge in [0.2, 0.25) is 5.91 Å². The van der Waals surface area contributed by atoms with Gasteiger partial charge in [0.1, 0.15) is 0 Å². The van der Waals surface area contributed by atoms with Crippen molar-refractivity contribution in [1.82, 2.24) is 0 Å². The smallest absolute Gasteiger partial charge is 0.270 e. The Balaban J connectivity index is 1.60. The van der Waals surface area contributed by atoms with Crippen LogP contribution in [0.3, 0.4) is 0 Å². The minimum Gasteiger partial charge on any atom is -0.322 e. The molecule has 0 spiro atoms. The Morgan fingerprint density at radius 1 is 1.18 bits per heavy atom. The Bertz CT molecular complexity index is 987. The number of anilines is 2. The van der Waals surface area contributed by atoms with E-state index in [1.54, 1.807) is 12.1 Å². The zero-order chi connectivity index (χ0) is 19.8. The Hall–Kier alpha value is -2.93. The predicted octanol–water partition coefficient (Wildman–Crippen LogP) is 4.19. The quantitative estimate of drug-likeness (QED) is 0.616. The zero-order valence-corrected chi connectivity index (χ0v) is 15.7. The fraction of sp³-hybridized carbons (Fsp3) is 0.300. The molecule has 0 atom stereocenters. The second-order valence-electron chi connectivity index (χ2n) is 7.09. The van der Waals surface area contributed by atoms with E-state index in [9.17, 15) is 19.7 Å². The van der Waals surface area contributed by atoms with E-state index >= 15 is 0 Å². The fourth-order valence-corrected chi connectivity index (χ4v) is 3.63. The Kier molecular flexibility index (Phi) is 4.77. The number of nitro benzene ring substituents is 1. The lowest BCUT2D eigenvalue weighted by Crippen LogP contribution is -2.36. The number of halogens is 1. The van der Waals surface area contributed by atoms with Gasteiger partial charge in [-0.1, -0.05) is 17.7 Å². The van der Waals surface area contributed by atoms with Gasteiger partial charge in [0.15, 0.2) is 0 Å². The first-order chi connectivity index (χ1) is 13.4. The molecule has 2 aromatic rings. The molecule has 1 N–H and O–H groups in total. The van der Waals surface area contributed by atoms with Crippen LogP contribution in [0.25, 0.3) is 0 Å². The van der Waals surface area contributed by atoms with E-state index in [1.807, 2.05) is 11.0 Å². The summed E-state index contributed by atoms with van der Waals surface area (Å²) < 4.78 is 0. The van der Waals surface area contributed by atoms with Gasteiger partial charge in [-0.05, 0) is 49.4 Å². The summed E-state index contributed by atoms with van der Waals surface area (Å²) in [5.41, 5.74) is 2.24. The van der Waals surface area contributed by atoms with Crippen LogP contribution in [-0.2, 0) is 11.2 Å². The number of carbonyl (C=O) groups is 2. The lowest BCUT2D eigenvalue weighted by atomic mass is 10.0. The van der Waals surface area contributed by atoms with Gasteiger partial charge in [-0.2, -0.15) is 0 Å². The molecule has 0 aromatic heterocycles. The van der Waals surface area contributed by atoms with Gasteiger partial charge in [0.25, 0.3) is 11.6 Å². The third kappa shape index (κ3) is 3.57. The maximum absolute atomic E-state index is 12.6. The first-order valence-electron chi connectivity index (χ1n) is 9.13. The van der Waals surface area contributed by atoms with Crippen molar-refractivity contribution in [2.75, 3.05) is 16.8 Å². The lowest BCUT2D eigenvalue weighted by Gasteiger charge is -2.30. The van der Waals surface area contributed by atoms with Crippen molar-refractivity contribution in [3.05, 3.63) is 62.7 Å². The molecule has 0 saturated heterocycles. The number of hydrogen-bond donors (Lipinski definition) is 1. The number of carbonyl (C=O) groups excluding carboxylic acids is 2. The number of nitrogens with one attached hydrogen (secondary N) is 1. The molecular formula is C20H18ClN3O4. The molecule has 0 bridgehead atoms. The first-order valence-corrected chi connectivity index (χ1v) is 9.51. The summed E-state index contributed by atoms with van der Waals surface area (Å²) in [4.78, 5) is 37.4. The summed E-state index contributed by atoms with van der Waals surface area (Å²) in [5, 5.41) is 13.8. The second kappa shape index (κ2) is 7.24. The van der Waals surface area contributed by atoms with Crippen molar-refractivity contribution in [1.29, 1.82) is 0 Å². The number of nitro groups is 1. The normalized spacial score (nSPS) is 15.7. The molecule has 28 heavy (non-hydrogen) atoms. The highest BCUT2D eigenvalue weighted by molar-refractivity contribution is 6.34. The molecule has 144 valence electrons. The average Bonchev–Trinajstić information content (AvgIpc) is 3.52. The Morgan fingerprint density at radius 2 is 1.96 bits per heavy atom. The van der Waals surface area contributed by atoms with E-state index in [2.05, 4.69) is 5.32 Å². The standard InChI is InChI=1S/C20H18ClN3O4/c21-17-8-7-15(24(27)28)11-16(17)19(25)22-14-6-5-12-2-1-9-23(18(12)10-14)20(26)13-3-4-13/h5-8,10-11,13H,1-4,9H2,(H,22,25). The molecule has 1 heterocycles. The van der Waals surface area contributed by atoms with Gasteiger partial charge >= 0.3 is 0 Å². The van der Waals surface area contributed by atoms with Crippen molar-refractivity contribution in [2.24, 2.45) is 5.92 Å². The van der Waals surface area contributed by atoms with E-state index in [1.165, 1.54) is 12.1 Å². The van der Waals surface area contributed by atoms with Crippen LogP contribution in [0.2, 0.25) is 5.02 Å². The number of hydrogen-bond acceptors (Lipinski definition) is 4. The van der Waals surface area contributed by atoms with Crippen molar-refractivity contribution >= 4 is 40.5 Å². The van der Waals surface area contributed by atoms with Crippen LogP contribution in [0.4, 0.5) is 17.1 Å². The molecule has 2 amide bonds. The molecule has 1 saturated carbocycles. The SMILES string of the molecule is O=C(Nc1ccc2c(c1)N(C(=O)C1CC1)CCC2)c1cc([N+](=O)[O-])ccc1Cl. The van der Waals surface area contributed by atoms with E-state index in [0.717, 1.165) is 43.0 Å². The molecule has 0 unspecified atom stereocenters. The van der Waals surface area contributed by atoms with Crippen LogP contribution in [0.1, 0.15) is 35.2 Å². The van der Waals surface area contributed by atoms with E-state index in [-0.39, 0.29) is 28.1 Å². The molecule has 2 aliphatic rings. The Morgan fingerprint density at radius 3 is 2.68 bits per heavy atom. The van der Waals surface area contributed by atoms with E-state index < -0.39 is 10.8 Å². The molecule has 4 rings (SSSR count). The second-order valence-corrected chi connectivity index (χ2v) is 7.49. The van der Waals surface area contributed by atoms with Crippen molar-refractivity contribution < 1.29 is 14.5 Å². The minimum atomic E-state index is -0.576. The highest BCUT2D eigenvalue weighted by Crippen LogP contribution is 2.37. The molecule has 1 aliphatic heterocycles. The van der Waals surface area contributed by atoms with E-state index in [0.29, 0.717) is 12.2 Å². The summed E-state index contributed by atoms with van der Waals surface area (Å²) in [7, 11) is 0. The lowest BCUT2D eigenvalue weighted by molar-refractivity contribution is -0.384. The molecule has 1 aliphatic carbocycles. The van der Waals surface area contributed by atoms with Crippen LogP contribution in [0.15, 0.2) is 36.4 Å². The third-order valence-corrected chi connectivity index (χ3v) is 5.39. The van der Waals surface area contributed by atoms with Crippen LogP contribution in [0, 0.1) is 16.0 Å². The van der Waals surface area contributed by atoms with E-state index in [4.69, 9.17) is 11.6 Å². The number of non-ortho nitro benzene ring substituents is 1. The summed E-state index contributed by atoms with van der Waals surface area (Å²) >= 11 is 6.05. The van der Waals surface area contributed by atoms with Gasteiger partial charge in [0, 0.05) is 36.0 Å². The first kappa shape index (κ1) is 18.4. The number of benzene rings is 2. The number of aryl methyl sites for hydroxylation is 1. The largest absolute Gasteiger partial charge is 0.322 e.